The number of nitrogens with one attached hydrogen (secondary N) is 1. The molecule has 0 saturated carbocycles. The third kappa shape index (κ3) is 3.36. The van der Waals surface area contributed by atoms with Crippen LogP contribution in [0, 0.1) is 10.1 Å². The van der Waals surface area contributed by atoms with Gasteiger partial charge in [0.05, 0.1) is 26.9 Å². The van der Waals surface area contributed by atoms with E-state index in [0.29, 0.717) is 14.6 Å². The molecule has 0 fully saturated rings. The van der Waals surface area contributed by atoms with Gasteiger partial charge in [-0.1, -0.05) is 0 Å². The number of halogens is 2. The van der Waals surface area contributed by atoms with Gasteiger partial charge in [-0.05, 0) is 50.1 Å². The van der Waals surface area contributed by atoms with E-state index in [-0.39, 0.29) is 17.4 Å². The number of hydrazone groups is 1. The number of nitro groups is 1. The fourth-order valence-corrected chi connectivity index (χ4v) is 2.50. The van der Waals surface area contributed by atoms with Gasteiger partial charge in [0.1, 0.15) is 10.7 Å². The van der Waals surface area contributed by atoms with Gasteiger partial charge in [0.25, 0.3) is 0 Å². The molecule has 9 heteroatoms. The summed E-state index contributed by atoms with van der Waals surface area (Å²) in [5, 5.41) is 23.9. The first-order valence-electron chi connectivity index (χ1n) is 5.18. The summed E-state index contributed by atoms with van der Waals surface area (Å²) in [6, 6.07) is 5.94. The fourth-order valence-electron chi connectivity index (χ4n) is 1.31. The van der Waals surface area contributed by atoms with Gasteiger partial charge in [-0.2, -0.15) is 5.10 Å². The molecular formula is C11H7Br2N3O4. The van der Waals surface area contributed by atoms with Crippen LogP contribution in [0.25, 0.3) is 0 Å². The van der Waals surface area contributed by atoms with E-state index >= 15 is 0 Å². The number of hydrogen-bond donors (Lipinski definition) is 2. The van der Waals surface area contributed by atoms with Gasteiger partial charge in [-0.25, -0.2) is 0 Å². The summed E-state index contributed by atoms with van der Waals surface area (Å²) in [5.41, 5.74) is 3.32. The Morgan fingerprint density at radius 1 is 1.35 bits per heavy atom. The van der Waals surface area contributed by atoms with Crippen molar-refractivity contribution in [2.45, 2.75) is 0 Å². The Kier molecular flexibility index (Phi) is 4.40. The third-order valence-electron chi connectivity index (χ3n) is 2.19. The summed E-state index contributed by atoms with van der Waals surface area (Å²) in [5.74, 6) is -0.0103. The first kappa shape index (κ1) is 14.5. The van der Waals surface area contributed by atoms with Crippen LogP contribution in [0.1, 0.15) is 5.76 Å². The van der Waals surface area contributed by atoms with E-state index in [1.54, 1.807) is 12.1 Å². The van der Waals surface area contributed by atoms with Crippen LogP contribution < -0.4 is 5.43 Å². The summed E-state index contributed by atoms with van der Waals surface area (Å²) in [4.78, 5) is 9.81. The largest absolute Gasteiger partial charge is 0.506 e. The zero-order chi connectivity index (χ0) is 14.7. The lowest BCUT2D eigenvalue weighted by Gasteiger charge is -2.04. The number of anilines is 1. The topological polar surface area (TPSA) is 101 Å². The Hall–Kier alpha value is -1.87. The standard InChI is InChI=1S/C11H7Br2N3O4/c12-8-3-6(4-9(13)11(8)17)15-14-5-7-1-2-10(20-7)16(18)19/h1-5,15,17H. The molecule has 20 heavy (non-hydrogen) atoms. The average Bonchev–Trinajstić information content (AvgIpc) is 2.85. The molecule has 0 spiro atoms. The smallest absolute Gasteiger partial charge is 0.433 e. The summed E-state index contributed by atoms with van der Waals surface area (Å²) in [6.07, 6.45) is 1.31. The van der Waals surface area contributed by atoms with Gasteiger partial charge in [-0.3, -0.25) is 15.5 Å². The van der Waals surface area contributed by atoms with Gasteiger partial charge in [0, 0.05) is 0 Å². The third-order valence-corrected chi connectivity index (χ3v) is 3.40. The second kappa shape index (κ2) is 6.06. The van der Waals surface area contributed by atoms with Crippen molar-refractivity contribution in [3.8, 4) is 5.75 Å². The minimum atomic E-state index is -0.626. The van der Waals surface area contributed by atoms with Crippen molar-refractivity contribution in [3.63, 3.8) is 0 Å². The van der Waals surface area contributed by atoms with E-state index in [9.17, 15) is 15.2 Å². The normalized spacial score (nSPS) is 10.9. The number of benzene rings is 1. The van der Waals surface area contributed by atoms with Crippen molar-refractivity contribution >= 4 is 49.6 Å². The Labute approximate surface area is 129 Å². The summed E-state index contributed by atoms with van der Waals surface area (Å²) in [6.45, 7) is 0. The number of phenols is 1. The second-order valence-corrected chi connectivity index (χ2v) is 5.30. The predicted molar refractivity (Wildman–Crippen MR) is 80.1 cm³/mol. The maximum atomic E-state index is 10.4. The van der Waals surface area contributed by atoms with Gasteiger partial charge in [-0.15, -0.1) is 0 Å². The summed E-state index contributed by atoms with van der Waals surface area (Å²) in [7, 11) is 0. The highest BCUT2D eigenvalue weighted by Gasteiger charge is 2.10. The zero-order valence-corrected chi connectivity index (χ0v) is 12.9. The molecule has 2 rings (SSSR count). The molecular weight excluding hydrogens is 398 g/mol. The van der Waals surface area contributed by atoms with E-state index in [0.717, 1.165) is 0 Å². The SMILES string of the molecule is O=[N+]([O-])c1ccc(C=NNc2cc(Br)c(O)c(Br)c2)o1. The van der Waals surface area contributed by atoms with E-state index < -0.39 is 4.92 Å². The molecule has 0 aliphatic rings. The number of hydrogen-bond acceptors (Lipinski definition) is 6. The number of nitrogens with zero attached hydrogens (tertiary/aromatic N) is 2. The second-order valence-electron chi connectivity index (χ2n) is 3.59. The summed E-state index contributed by atoms with van der Waals surface area (Å²) < 4.78 is 5.90. The molecule has 0 aliphatic carbocycles. The van der Waals surface area contributed by atoms with Crippen LogP contribution in [-0.4, -0.2) is 16.2 Å². The van der Waals surface area contributed by atoms with Crippen LogP contribution >= 0.6 is 31.9 Å². The highest BCUT2D eigenvalue weighted by atomic mass is 79.9. The first-order chi connectivity index (χ1) is 9.47. The lowest BCUT2D eigenvalue weighted by Crippen LogP contribution is -1.90. The molecule has 0 aliphatic heterocycles. The average molecular weight is 405 g/mol. The molecule has 2 N–H and O–H groups in total. The van der Waals surface area contributed by atoms with Crippen molar-refractivity contribution in [2.75, 3.05) is 5.43 Å². The van der Waals surface area contributed by atoms with Gasteiger partial charge >= 0.3 is 5.88 Å². The Morgan fingerprint density at radius 2 is 2.00 bits per heavy atom. The van der Waals surface area contributed by atoms with E-state index in [4.69, 9.17) is 4.42 Å². The molecule has 2 aromatic rings. The number of rotatable bonds is 4. The predicted octanol–water partition coefficient (Wildman–Crippen LogP) is 3.86. The Balaban J connectivity index is 2.07. The van der Waals surface area contributed by atoms with Crippen LogP contribution in [0.15, 0.2) is 42.7 Å². The van der Waals surface area contributed by atoms with Crippen molar-refractivity contribution in [1.29, 1.82) is 0 Å². The molecule has 0 unspecified atom stereocenters. The minimum Gasteiger partial charge on any atom is -0.506 e. The van der Waals surface area contributed by atoms with Crippen LogP contribution in [0.5, 0.6) is 5.75 Å². The Bertz CT molecular complexity index is 661. The van der Waals surface area contributed by atoms with Crippen molar-refractivity contribution in [1.82, 2.24) is 0 Å². The van der Waals surface area contributed by atoms with Gasteiger partial charge < -0.3 is 9.52 Å². The maximum Gasteiger partial charge on any atom is 0.433 e. The number of phenolic OH excluding ortho intramolecular Hbond substituents is 1. The van der Waals surface area contributed by atoms with Crippen molar-refractivity contribution in [3.05, 3.63) is 49.1 Å². The molecule has 0 saturated heterocycles. The highest BCUT2D eigenvalue weighted by molar-refractivity contribution is 9.11. The minimum absolute atomic E-state index is 0.0844. The maximum absolute atomic E-state index is 10.4. The molecule has 0 amide bonds. The lowest BCUT2D eigenvalue weighted by atomic mass is 10.3. The first-order valence-corrected chi connectivity index (χ1v) is 6.77. The summed E-state index contributed by atoms with van der Waals surface area (Å²) >= 11 is 6.38. The van der Waals surface area contributed by atoms with Crippen LogP contribution in [-0.2, 0) is 0 Å². The monoisotopic (exact) mass is 403 g/mol. The lowest BCUT2D eigenvalue weighted by molar-refractivity contribution is -0.402. The van der Waals surface area contributed by atoms with E-state index in [1.165, 1.54) is 18.3 Å². The van der Waals surface area contributed by atoms with E-state index in [2.05, 4.69) is 42.4 Å². The molecule has 0 bridgehead atoms. The molecule has 7 nitrogen and oxygen atoms in total. The molecule has 1 aromatic heterocycles. The fraction of sp³-hybridized carbons (Fsp3) is 0. The van der Waals surface area contributed by atoms with Crippen LogP contribution in [0.3, 0.4) is 0 Å². The highest BCUT2D eigenvalue weighted by Crippen LogP contribution is 2.35. The van der Waals surface area contributed by atoms with Crippen LogP contribution in [0.2, 0.25) is 0 Å². The molecule has 104 valence electrons. The molecule has 0 radical (unpaired) electrons. The molecule has 0 atom stereocenters. The van der Waals surface area contributed by atoms with Gasteiger partial charge in [0.15, 0.2) is 5.76 Å². The quantitative estimate of drug-likeness (QED) is 0.348. The number of aromatic hydroxyl groups is 1. The van der Waals surface area contributed by atoms with Crippen LogP contribution in [0.4, 0.5) is 11.6 Å². The van der Waals surface area contributed by atoms with Gasteiger partial charge in [0.2, 0.25) is 0 Å². The Morgan fingerprint density at radius 3 is 2.55 bits per heavy atom. The molecule has 1 aromatic carbocycles. The zero-order valence-electron chi connectivity index (χ0n) is 9.71. The van der Waals surface area contributed by atoms with Crippen molar-refractivity contribution in [2.24, 2.45) is 5.10 Å². The number of furan rings is 1. The van der Waals surface area contributed by atoms with E-state index in [1.807, 2.05) is 0 Å². The van der Waals surface area contributed by atoms with Crippen molar-refractivity contribution < 1.29 is 14.4 Å². The molecule has 1 heterocycles.